The van der Waals surface area contributed by atoms with Crippen LogP contribution in [-0.2, 0) is 4.79 Å². The van der Waals surface area contributed by atoms with E-state index in [0.717, 1.165) is 6.07 Å². The van der Waals surface area contributed by atoms with Crippen molar-refractivity contribution < 1.29 is 9.18 Å². The van der Waals surface area contributed by atoms with Gasteiger partial charge >= 0.3 is 0 Å². The number of carbonyl (C=O) groups excluding carboxylic acids is 1. The van der Waals surface area contributed by atoms with Gasteiger partial charge in [-0.1, -0.05) is 11.6 Å². The molecule has 0 saturated heterocycles. The van der Waals surface area contributed by atoms with E-state index in [9.17, 15) is 9.18 Å². The van der Waals surface area contributed by atoms with Gasteiger partial charge in [-0.3, -0.25) is 4.79 Å². The van der Waals surface area contributed by atoms with E-state index >= 15 is 0 Å². The topological polar surface area (TPSA) is 79.9 Å². The highest BCUT2D eigenvalue weighted by Crippen LogP contribution is 2.22. The Bertz CT molecular complexity index is 561. The summed E-state index contributed by atoms with van der Waals surface area (Å²) in [4.78, 5) is 13.5. The molecule has 1 N–H and O–H groups in total. The smallest absolute Gasteiger partial charge is 0.241 e. The van der Waals surface area contributed by atoms with Crippen LogP contribution < -0.4 is 5.32 Å². The van der Waals surface area contributed by atoms with Crippen LogP contribution in [0.5, 0.6) is 0 Å². The Kier molecular flexibility index (Phi) is 7.00. The molecular formula is C14H14ClFN4O. The molecule has 5 nitrogen and oxygen atoms in total. The normalized spacial score (nSPS) is 9.52. The third-order valence-electron chi connectivity index (χ3n) is 2.70. The fourth-order valence-electron chi connectivity index (χ4n) is 1.65. The van der Waals surface area contributed by atoms with Gasteiger partial charge in [0.05, 0.1) is 42.2 Å². The zero-order valence-corrected chi connectivity index (χ0v) is 12.0. The standard InChI is InChI=1S/C14H14ClFN4O/c15-12-9-11(16)3-4-13(12)19-10-14(21)20(7-1-5-17)8-2-6-18/h3-4,9,19H,1-2,7-8,10H2. The number of rotatable bonds is 7. The summed E-state index contributed by atoms with van der Waals surface area (Å²) < 4.78 is 12.9. The van der Waals surface area contributed by atoms with Crippen molar-refractivity contribution in [2.45, 2.75) is 12.8 Å². The van der Waals surface area contributed by atoms with Gasteiger partial charge in [0.2, 0.25) is 5.91 Å². The number of anilines is 1. The van der Waals surface area contributed by atoms with Crippen LogP contribution in [0.4, 0.5) is 10.1 Å². The fraction of sp³-hybridized carbons (Fsp3) is 0.357. The molecular weight excluding hydrogens is 295 g/mol. The lowest BCUT2D eigenvalue weighted by Gasteiger charge is -2.21. The van der Waals surface area contributed by atoms with Gasteiger partial charge in [0.15, 0.2) is 0 Å². The van der Waals surface area contributed by atoms with Gasteiger partial charge in [-0.2, -0.15) is 10.5 Å². The molecule has 1 rings (SSSR count). The molecule has 110 valence electrons. The van der Waals surface area contributed by atoms with E-state index in [1.807, 2.05) is 12.1 Å². The van der Waals surface area contributed by atoms with Crippen molar-refractivity contribution in [3.8, 4) is 12.1 Å². The minimum Gasteiger partial charge on any atom is -0.375 e. The van der Waals surface area contributed by atoms with Gasteiger partial charge in [-0.05, 0) is 18.2 Å². The Morgan fingerprint density at radius 2 is 1.90 bits per heavy atom. The molecule has 0 fully saturated rings. The van der Waals surface area contributed by atoms with Crippen LogP contribution in [0.2, 0.25) is 5.02 Å². The van der Waals surface area contributed by atoms with E-state index in [1.165, 1.54) is 17.0 Å². The molecule has 0 saturated carbocycles. The quantitative estimate of drug-likeness (QED) is 0.839. The number of carbonyl (C=O) groups is 1. The van der Waals surface area contributed by atoms with Crippen molar-refractivity contribution in [3.05, 3.63) is 29.0 Å². The zero-order valence-electron chi connectivity index (χ0n) is 11.3. The first-order valence-electron chi connectivity index (χ1n) is 6.29. The number of nitrogens with one attached hydrogen (secondary N) is 1. The van der Waals surface area contributed by atoms with Gasteiger partial charge in [0.1, 0.15) is 5.82 Å². The lowest BCUT2D eigenvalue weighted by atomic mass is 10.3. The average Bonchev–Trinajstić information content (AvgIpc) is 2.46. The Balaban J connectivity index is 2.60. The molecule has 0 spiro atoms. The second-order valence-corrected chi connectivity index (χ2v) is 4.58. The van der Waals surface area contributed by atoms with Crippen molar-refractivity contribution in [1.82, 2.24) is 4.90 Å². The van der Waals surface area contributed by atoms with Crippen LogP contribution in [0.25, 0.3) is 0 Å². The van der Waals surface area contributed by atoms with Crippen molar-refractivity contribution in [2.75, 3.05) is 25.0 Å². The van der Waals surface area contributed by atoms with Gasteiger partial charge in [0, 0.05) is 13.1 Å². The molecule has 1 amide bonds. The maximum Gasteiger partial charge on any atom is 0.241 e. The van der Waals surface area contributed by atoms with Crippen LogP contribution in [0.15, 0.2) is 18.2 Å². The summed E-state index contributed by atoms with van der Waals surface area (Å²) >= 11 is 5.85. The third-order valence-corrected chi connectivity index (χ3v) is 3.01. The summed E-state index contributed by atoms with van der Waals surface area (Å²) in [5.41, 5.74) is 0.451. The van der Waals surface area contributed by atoms with E-state index in [1.54, 1.807) is 0 Å². The Morgan fingerprint density at radius 1 is 1.29 bits per heavy atom. The molecule has 0 atom stereocenters. The number of nitrogens with zero attached hydrogens (tertiary/aromatic N) is 3. The van der Waals surface area contributed by atoms with Crippen LogP contribution in [0.1, 0.15) is 12.8 Å². The summed E-state index contributed by atoms with van der Waals surface area (Å²) in [7, 11) is 0. The lowest BCUT2D eigenvalue weighted by Crippen LogP contribution is -2.37. The summed E-state index contributed by atoms with van der Waals surface area (Å²) in [6.07, 6.45) is 0.406. The molecule has 21 heavy (non-hydrogen) atoms. The predicted octanol–water partition coefficient (Wildman–Crippen LogP) is 2.55. The second kappa shape index (κ2) is 8.78. The van der Waals surface area contributed by atoms with Crippen LogP contribution in [-0.4, -0.2) is 30.4 Å². The van der Waals surface area contributed by atoms with Crippen LogP contribution in [0.3, 0.4) is 0 Å². The van der Waals surface area contributed by atoms with E-state index in [4.69, 9.17) is 22.1 Å². The molecule has 0 bridgehead atoms. The monoisotopic (exact) mass is 308 g/mol. The van der Waals surface area contributed by atoms with Crippen molar-refractivity contribution in [1.29, 1.82) is 10.5 Å². The zero-order chi connectivity index (χ0) is 15.7. The first-order chi connectivity index (χ1) is 10.1. The first kappa shape index (κ1) is 16.7. The highest BCUT2D eigenvalue weighted by atomic mass is 35.5. The van der Waals surface area contributed by atoms with Gasteiger partial charge < -0.3 is 10.2 Å². The number of amides is 1. The lowest BCUT2D eigenvalue weighted by molar-refractivity contribution is -0.129. The second-order valence-electron chi connectivity index (χ2n) is 4.17. The molecule has 1 aromatic rings. The van der Waals surface area contributed by atoms with E-state index in [0.29, 0.717) is 5.69 Å². The average molecular weight is 309 g/mol. The number of nitriles is 2. The fourth-order valence-corrected chi connectivity index (χ4v) is 1.88. The molecule has 0 aromatic heterocycles. The molecule has 0 aliphatic rings. The Morgan fingerprint density at radius 3 is 2.43 bits per heavy atom. The summed E-state index contributed by atoms with van der Waals surface area (Å²) in [6, 6.07) is 7.75. The van der Waals surface area contributed by atoms with E-state index in [-0.39, 0.29) is 43.4 Å². The minimum atomic E-state index is -0.457. The summed E-state index contributed by atoms with van der Waals surface area (Å²) in [5, 5.41) is 20.1. The van der Waals surface area contributed by atoms with Crippen LogP contribution >= 0.6 is 11.6 Å². The van der Waals surface area contributed by atoms with E-state index < -0.39 is 5.82 Å². The van der Waals surface area contributed by atoms with Gasteiger partial charge in [-0.15, -0.1) is 0 Å². The highest BCUT2D eigenvalue weighted by molar-refractivity contribution is 6.33. The van der Waals surface area contributed by atoms with Gasteiger partial charge in [-0.25, -0.2) is 4.39 Å². The van der Waals surface area contributed by atoms with Gasteiger partial charge in [0.25, 0.3) is 0 Å². The number of benzene rings is 1. The maximum atomic E-state index is 12.9. The van der Waals surface area contributed by atoms with E-state index in [2.05, 4.69) is 5.32 Å². The predicted molar refractivity (Wildman–Crippen MR) is 76.9 cm³/mol. The van der Waals surface area contributed by atoms with Crippen LogP contribution in [0, 0.1) is 28.5 Å². The van der Waals surface area contributed by atoms with Crippen molar-refractivity contribution >= 4 is 23.2 Å². The summed E-state index contributed by atoms with van der Waals surface area (Å²) in [6.45, 7) is 0.508. The maximum absolute atomic E-state index is 12.9. The summed E-state index contributed by atoms with van der Waals surface area (Å²) in [5.74, 6) is -0.706. The Hall–Kier alpha value is -2.31. The largest absolute Gasteiger partial charge is 0.375 e. The number of hydrogen-bond acceptors (Lipinski definition) is 4. The minimum absolute atomic E-state index is 0.0395. The Labute approximate surface area is 127 Å². The highest BCUT2D eigenvalue weighted by Gasteiger charge is 2.13. The SMILES string of the molecule is N#CCCN(CCC#N)C(=O)CNc1ccc(F)cc1Cl. The molecule has 0 radical (unpaired) electrons. The molecule has 0 heterocycles. The molecule has 0 aliphatic carbocycles. The molecule has 1 aromatic carbocycles. The number of halogens is 2. The number of hydrogen-bond donors (Lipinski definition) is 1. The van der Waals surface area contributed by atoms with Crippen molar-refractivity contribution in [2.24, 2.45) is 0 Å². The molecule has 0 unspecified atom stereocenters. The molecule has 0 aliphatic heterocycles. The third kappa shape index (κ3) is 5.68. The van der Waals surface area contributed by atoms with Crippen molar-refractivity contribution in [3.63, 3.8) is 0 Å². The molecule has 7 heteroatoms. The first-order valence-corrected chi connectivity index (χ1v) is 6.67.